The van der Waals surface area contributed by atoms with Crippen LogP contribution < -0.4 is 16.6 Å². The van der Waals surface area contributed by atoms with Crippen LogP contribution in [-0.2, 0) is 0 Å². The van der Waals surface area contributed by atoms with Gasteiger partial charge in [0.2, 0.25) is 0 Å². The molecule has 4 N–H and O–H groups in total. The van der Waals surface area contributed by atoms with Gasteiger partial charge in [0, 0.05) is 12.1 Å². The smallest absolute Gasteiger partial charge is 0.294 e. The quantitative estimate of drug-likeness (QED) is 0.295. The number of nitrogens with one attached hydrogen (secondary N) is 2. The Morgan fingerprint density at radius 3 is 2.71 bits per heavy atom. The minimum Gasteiger partial charge on any atom is -0.350 e. The molecule has 1 unspecified atom stereocenters. The first-order chi connectivity index (χ1) is 10.0. The van der Waals surface area contributed by atoms with Crippen molar-refractivity contribution >= 4 is 17.3 Å². The molecule has 0 spiro atoms. The zero-order chi connectivity index (χ0) is 15.8. The fourth-order valence-corrected chi connectivity index (χ4v) is 2.11. The molecule has 0 saturated carbocycles. The summed E-state index contributed by atoms with van der Waals surface area (Å²) in [5.74, 6) is 4.96. The molecule has 0 aliphatic rings. The summed E-state index contributed by atoms with van der Waals surface area (Å²) >= 11 is 0. The number of hydrogen-bond acceptors (Lipinski definition) is 5. The summed E-state index contributed by atoms with van der Waals surface area (Å²) in [4.78, 5) is 22.6. The fraction of sp³-hybridized carbons (Fsp3) is 0.500. The van der Waals surface area contributed by atoms with E-state index in [9.17, 15) is 14.9 Å². The van der Waals surface area contributed by atoms with Crippen LogP contribution >= 0.6 is 0 Å². The number of hydrogen-bond donors (Lipinski definition) is 3. The third-order valence-electron chi connectivity index (χ3n) is 3.25. The van der Waals surface area contributed by atoms with Gasteiger partial charge >= 0.3 is 0 Å². The zero-order valence-electron chi connectivity index (χ0n) is 12.4. The van der Waals surface area contributed by atoms with E-state index in [4.69, 9.17) is 5.84 Å². The van der Waals surface area contributed by atoms with Crippen molar-refractivity contribution in [1.82, 2.24) is 5.32 Å². The summed E-state index contributed by atoms with van der Waals surface area (Å²) in [5.41, 5.74) is 2.23. The van der Waals surface area contributed by atoms with E-state index in [-0.39, 0.29) is 28.9 Å². The molecule has 0 aliphatic carbocycles. The second kappa shape index (κ2) is 8.21. The van der Waals surface area contributed by atoms with Gasteiger partial charge in [-0.1, -0.05) is 32.3 Å². The molecule has 1 amide bonds. The lowest BCUT2D eigenvalue weighted by Gasteiger charge is -2.15. The maximum Gasteiger partial charge on any atom is 0.294 e. The molecule has 116 valence electrons. The molecule has 0 bridgehead atoms. The topological polar surface area (TPSA) is 110 Å². The highest BCUT2D eigenvalue weighted by Gasteiger charge is 2.21. The monoisotopic (exact) mass is 294 g/mol. The lowest BCUT2D eigenvalue weighted by Crippen LogP contribution is -2.33. The molecule has 1 aromatic carbocycles. The van der Waals surface area contributed by atoms with Gasteiger partial charge in [0.25, 0.3) is 11.6 Å². The van der Waals surface area contributed by atoms with Gasteiger partial charge in [-0.15, -0.1) is 0 Å². The number of anilines is 1. The second-order valence-corrected chi connectivity index (χ2v) is 4.97. The van der Waals surface area contributed by atoms with Crippen molar-refractivity contribution in [3.05, 3.63) is 33.9 Å². The molecule has 1 rings (SSSR count). The van der Waals surface area contributed by atoms with Crippen molar-refractivity contribution in [2.75, 3.05) is 5.43 Å². The second-order valence-electron chi connectivity index (χ2n) is 4.97. The Balaban J connectivity index is 2.82. The van der Waals surface area contributed by atoms with Gasteiger partial charge in [0.15, 0.2) is 0 Å². The summed E-state index contributed by atoms with van der Waals surface area (Å²) in [6, 6.07) is 4.29. The molecule has 1 atom stereocenters. The summed E-state index contributed by atoms with van der Waals surface area (Å²) in [7, 11) is 0. The number of para-hydroxylation sites is 1. The SMILES string of the molecule is CCCCCC(C)NC(=O)c1cccc([N+](=O)[O-])c1NN. The molecule has 0 aromatic heterocycles. The van der Waals surface area contributed by atoms with Crippen molar-refractivity contribution in [2.24, 2.45) is 5.84 Å². The highest BCUT2D eigenvalue weighted by Crippen LogP contribution is 2.27. The Hall–Kier alpha value is -2.15. The van der Waals surface area contributed by atoms with Gasteiger partial charge in [-0.05, 0) is 19.4 Å². The maximum absolute atomic E-state index is 12.2. The number of nitrogen functional groups attached to an aromatic ring is 1. The number of nitro benzene ring substituents is 1. The minimum absolute atomic E-state index is 0.00827. The van der Waals surface area contributed by atoms with E-state index in [1.165, 1.54) is 18.2 Å². The summed E-state index contributed by atoms with van der Waals surface area (Å²) in [5, 5.41) is 13.8. The standard InChI is InChI=1S/C14H22N4O3/c1-3-4-5-7-10(2)16-14(19)11-8-6-9-12(18(20)21)13(11)17-15/h6,8-10,17H,3-5,7,15H2,1-2H3,(H,16,19). The molecule has 0 heterocycles. The normalized spacial score (nSPS) is 11.8. The van der Waals surface area contributed by atoms with Crippen LogP contribution in [0.2, 0.25) is 0 Å². The summed E-state index contributed by atoms with van der Waals surface area (Å²) < 4.78 is 0. The van der Waals surface area contributed by atoms with Crippen LogP contribution in [0.4, 0.5) is 11.4 Å². The first kappa shape index (κ1) is 16.9. The number of amides is 1. The number of carbonyl (C=O) groups excluding carboxylic acids is 1. The summed E-state index contributed by atoms with van der Waals surface area (Å²) in [6.45, 7) is 4.03. The van der Waals surface area contributed by atoms with Crippen LogP contribution in [0.15, 0.2) is 18.2 Å². The largest absolute Gasteiger partial charge is 0.350 e. The predicted octanol–water partition coefficient (Wildman–Crippen LogP) is 2.58. The molecular formula is C14H22N4O3. The number of carbonyl (C=O) groups is 1. The molecule has 7 heteroatoms. The molecular weight excluding hydrogens is 272 g/mol. The van der Waals surface area contributed by atoms with Gasteiger partial charge in [0.05, 0.1) is 10.5 Å². The van der Waals surface area contributed by atoms with Crippen LogP contribution in [0.3, 0.4) is 0 Å². The van der Waals surface area contributed by atoms with E-state index in [2.05, 4.69) is 17.7 Å². The van der Waals surface area contributed by atoms with Crippen LogP contribution in [-0.4, -0.2) is 16.9 Å². The molecule has 1 aromatic rings. The lowest BCUT2D eigenvalue weighted by molar-refractivity contribution is -0.384. The van der Waals surface area contributed by atoms with Gasteiger partial charge in [-0.2, -0.15) is 0 Å². The number of rotatable bonds is 8. The Bertz CT molecular complexity index is 505. The third-order valence-corrected chi connectivity index (χ3v) is 3.25. The molecule has 21 heavy (non-hydrogen) atoms. The van der Waals surface area contributed by atoms with Crippen LogP contribution in [0.5, 0.6) is 0 Å². The van der Waals surface area contributed by atoms with Crippen molar-refractivity contribution in [3.63, 3.8) is 0 Å². The van der Waals surface area contributed by atoms with E-state index in [0.29, 0.717) is 0 Å². The average Bonchev–Trinajstić information content (AvgIpc) is 2.46. The van der Waals surface area contributed by atoms with E-state index in [1.54, 1.807) is 0 Å². The Kier molecular flexibility index (Phi) is 6.61. The highest BCUT2D eigenvalue weighted by atomic mass is 16.6. The number of benzene rings is 1. The van der Waals surface area contributed by atoms with Crippen LogP contribution in [0, 0.1) is 10.1 Å². The number of unbranched alkanes of at least 4 members (excludes halogenated alkanes) is 2. The van der Waals surface area contributed by atoms with E-state index < -0.39 is 4.92 Å². The van der Waals surface area contributed by atoms with Gasteiger partial charge in [-0.3, -0.25) is 20.8 Å². The number of nitro groups is 1. The highest BCUT2D eigenvalue weighted by molar-refractivity contribution is 6.01. The first-order valence-electron chi connectivity index (χ1n) is 7.06. The van der Waals surface area contributed by atoms with E-state index in [0.717, 1.165) is 25.7 Å². The van der Waals surface area contributed by atoms with Crippen molar-refractivity contribution in [2.45, 2.75) is 45.6 Å². The van der Waals surface area contributed by atoms with Crippen molar-refractivity contribution < 1.29 is 9.72 Å². The van der Waals surface area contributed by atoms with Crippen LogP contribution in [0.25, 0.3) is 0 Å². The lowest BCUT2D eigenvalue weighted by atomic mass is 10.1. The molecule has 7 nitrogen and oxygen atoms in total. The number of hydrazine groups is 1. The first-order valence-corrected chi connectivity index (χ1v) is 7.06. The number of nitrogens with two attached hydrogens (primary N) is 1. The molecule has 0 radical (unpaired) electrons. The van der Waals surface area contributed by atoms with E-state index >= 15 is 0 Å². The predicted molar refractivity (Wildman–Crippen MR) is 82.0 cm³/mol. The van der Waals surface area contributed by atoms with Gasteiger partial charge < -0.3 is 10.7 Å². The number of nitrogens with zero attached hydrogens (tertiary/aromatic N) is 1. The van der Waals surface area contributed by atoms with Gasteiger partial charge in [0.1, 0.15) is 5.69 Å². The van der Waals surface area contributed by atoms with Gasteiger partial charge in [-0.25, -0.2) is 0 Å². The van der Waals surface area contributed by atoms with E-state index in [1.807, 2.05) is 6.92 Å². The van der Waals surface area contributed by atoms with Crippen molar-refractivity contribution in [1.29, 1.82) is 0 Å². The van der Waals surface area contributed by atoms with Crippen molar-refractivity contribution in [3.8, 4) is 0 Å². The summed E-state index contributed by atoms with van der Waals surface area (Å²) in [6.07, 6.45) is 4.15. The maximum atomic E-state index is 12.2. The Labute approximate surface area is 124 Å². The third kappa shape index (κ3) is 4.71. The fourth-order valence-electron chi connectivity index (χ4n) is 2.11. The Morgan fingerprint density at radius 2 is 2.14 bits per heavy atom. The minimum atomic E-state index is -0.573. The molecule has 0 fully saturated rings. The average molecular weight is 294 g/mol. The van der Waals surface area contributed by atoms with Crippen LogP contribution in [0.1, 0.15) is 49.9 Å². The molecule has 0 aliphatic heterocycles. The Morgan fingerprint density at radius 1 is 1.43 bits per heavy atom. The molecule has 0 saturated heterocycles. The zero-order valence-corrected chi connectivity index (χ0v) is 12.4.